The van der Waals surface area contributed by atoms with Crippen LogP contribution in [0.5, 0.6) is 5.75 Å². The Morgan fingerprint density at radius 1 is 0.971 bits per heavy atom. The molecule has 0 amide bonds. The number of carbonyl (C=O) groups is 3. The molecule has 2 heterocycles. The highest BCUT2D eigenvalue weighted by atomic mass is 35.5. The number of ether oxygens (including phenoxy) is 1. The number of hydrogen-bond donors (Lipinski definition) is 0. The summed E-state index contributed by atoms with van der Waals surface area (Å²) in [7, 11) is 1.58. The first kappa shape index (κ1) is 21.8. The lowest BCUT2D eigenvalue weighted by molar-refractivity contribution is -0.118. The van der Waals surface area contributed by atoms with Crippen molar-refractivity contribution in [1.29, 1.82) is 0 Å². The van der Waals surface area contributed by atoms with Crippen LogP contribution in [0.1, 0.15) is 44.7 Å². The minimum Gasteiger partial charge on any atom is -0.497 e. The second kappa shape index (κ2) is 7.65. The van der Waals surface area contributed by atoms with E-state index in [0.717, 1.165) is 16.8 Å². The van der Waals surface area contributed by atoms with Crippen LogP contribution in [-0.4, -0.2) is 36.5 Å². The van der Waals surface area contributed by atoms with Crippen LogP contribution in [0.3, 0.4) is 0 Å². The van der Waals surface area contributed by atoms with Gasteiger partial charge in [-0.3, -0.25) is 14.4 Å². The number of halogens is 1. The molecule has 1 aliphatic carbocycles. The van der Waals surface area contributed by atoms with Crippen LogP contribution in [-0.2, 0) is 4.79 Å². The Bertz CT molecular complexity index is 1410. The Morgan fingerprint density at radius 3 is 2.23 bits per heavy atom. The molecule has 5 nitrogen and oxygen atoms in total. The molecule has 0 N–H and O–H groups in total. The fourth-order valence-electron chi connectivity index (χ4n) is 6.29. The number of rotatable bonds is 3. The van der Waals surface area contributed by atoms with Gasteiger partial charge in [-0.25, -0.2) is 0 Å². The Labute approximate surface area is 208 Å². The van der Waals surface area contributed by atoms with E-state index in [-0.39, 0.29) is 17.3 Å². The molecule has 1 spiro atoms. The van der Waals surface area contributed by atoms with E-state index in [0.29, 0.717) is 21.9 Å². The lowest BCUT2D eigenvalue weighted by Gasteiger charge is -2.37. The van der Waals surface area contributed by atoms with E-state index in [9.17, 15) is 14.4 Å². The van der Waals surface area contributed by atoms with E-state index >= 15 is 0 Å². The summed E-state index contributed by atoms with van der Waals surface area (Å²) in [5, 5.41) is 0.576. The lowest BCUT2D eigenvalue weighted by atomic mass is 9.64. The second-order valence-electron chi connectivity index (χ2n) is 9.29. The zero-order valence-electron chi connectivity index (χ0n) is 19.2. The van der Waals surface area contributed by atoms with Gasteiger partial charge in [0.25, 0.3) is 0 Å². The number of fused-ring (bicyclic) bond motifs is 5. The number of benzene rings is 3. The number of carbonyl (C=O) groups excluding carboxylic acids is 3. The van der Waals surface area contributed by atoms with Crippen molar-refractivity contribution in [3.05, 3.63) is 100 Å². The van der Waals surface area contributed by atoms with Crippen molar-refractivity contribution in [2.75, 3.05) is 12.0 Å². The van der Waals surface area contributed by atoms with E-state index in [1.165, 1.54) is 6.92 Å². The second-order valence-corrected chi connectivity index (χ2v) is 9.73. The molecule has 0 saturated carbocycles. The van der Waals surface area contributed by atoms with Crippen LogP contribution in [0.2, 0.25) is 5.02 Å². The summed E-state index contributed by atoms with van der Waals surface area (Å²) in [6.07, 6.45) is 3.79. The third-order valence-electron chi connectivity index (χ3n) is 7.66. The van der Waals surface area contributed by atoms with Crippen molar-refractivity contribution in [3.8, 4) is 5.75 Å². The number of ketones is 3. The molecule has 2 aliphatic heterocycles. The summed E-state index contributed by atoms with van der Waals surface area (Å²) in [6.45, 7) is 1.53. The smallest absolute Gasteiger partial charge is 0.180 e. The molecule has 0 unspecified atom stereocenters. The molecular formula is C29H22ClNO4. The standard InChI is InChI=1S/C29H22ClNO4/c1-16(32)26-25(17-7-11-20(35-2)12-8-17)29(27(33)21-5-3-4-6-22(21)28(29)34)24-14-9-18-15-19(30)10-13-23(18)31(24)26/h3-15,24-26H,1-2H3/t24-,25+,26+/m0/s1. The number of methoxy groups -OCH3 is 1. The van der Waals surface area contributed by atoms with Gasteiger partial charge >= 0.3 is 0 Å². The van der Waals surface area contributed by atoms with Crippen LogP contribution < -0.4 is 9.64 Å². The molecule has 1 saturated heterocycles. The molecule has 3 aliphatic rings. The Kier molecular flexibility index (Phi) is 4.77. The molecule has 0 bridgehead atoms. The van der Waals surface area contributed by atoms with Crippen LogP contribution in [0.4, 0.5) is 5.69 Å². The number of anilines is 1. The van der Waals surface area contributed by atoms with Crippen molar-refractivity contribution in [2.45, 2.75) is 24.9 Å². The normalized spacial score (nSPS) is 23.3. The molecule has 1 fully saturated rings. The predicted octanol–water partition coefficient (Wildman–Crippen LogP) is 5.37. The Morgan fingerprint density at radius 2 is 1.63 bits per heavy atom. The third-order valence-corrected chi connectivity index (χ3v) is 7.89. The van der Waals surface area contributed by atoms with Gasteiger partial charge in [-0.1, -0.05) is 60.2 Å². The number of nitrogens with zero attached hydrogens (tertiary/aromatic N) is 1. The van der Waals surface area contributed by atoms with E-state index in [1.54, 1.807) is 49.6 Å². The van der Waals surface area contributed by atoms with E-state index < -0.39 is 23.4 Å². The summed E-state index contributed by atoms with van der Waals surface area (Å²) in [5.41, 5.74) is 1.74. The van der Waals surface area contributed by atoms with Crippen LogP contribution in [0.25, 0.3) is 6.08 Å². The third kappa shape index (κ3) is 2.79. The summed E-state index contributed by atoms with van der Waals surface area (Å²) in [4.78, 5) is 43.9. The predicted molar refractivity (Wildman–Crippen MR) is 134 cm³/mol. The van der Waals surface area contributed by atoms with Gasteiger partial charge in [0.15, 0.2) is 17.3 Å². The van der Waals surface area contributed by atoms with Crippen molar-refractivity contribution in [1.82, 2.24) is 0 Å². The van der Waals surface area contributed by atoms with Gasteiger partial charge in [0, 0.05) is 27.8 Å². The molecule has 35 heavy (non-hydrogen) atoms. The Balaban J connectivity index is 1.66. The minimum atomic E-state index is -1.47. The van der Waals surface area contributed by atoms with Crippen molar-refractivity contribution < 1.29 is 19.1 Å². The average molecular weight is 484 g/mol. The summed E-state index contributed by atoms with van der Waals surface area (Å²) >= 11 is 6.26. The number of hydrogen-bond acceptors (Lipinski definition) is 5. The largest absolute Gasteiger partial charge is 0.497 e. The van der Waals surface area contributed by atoms with Crippen molar-refractivity contribution in [2.24, 2.45) is 5.41 Å². The van der Waals surface area contributed by atoms with Gasteiger partial charge in [-0.2, -0.15) is 0 Å². The van der Waals surface area contributed by atoms with Crippen molar-refractivity contribution >= 4 is 40.7 Å². The van der Waals surface area contributed by atoms with Crippen LogP contribution in [0, 0.1) is 5.41 Å². The molecular weight excluding hydrogens is 462 g/mol. The van der Waals surface area contributed by atoms with Gasteiger partial charge in [-0.15, -0.1) is 0 Å². The molecule has 174 valence electrons. The first-order valence-corrected chi connectivity index (χ1v) is 11.9. The van der Waals surface area contributed by atoms with Crippen LogP contribution in [0.15, 0.2) is 72.8 Å². The maximum absolute atomic E-state index is 14.3. The minimum absolute atomic E-state index is 0.111. The zero-order valence-corrected chi connectivity index (χ0v) is 20.0. The topological polar surface area (TPSA) is 63.7 Å². The highest BCUT2D eigenvalue weighted by Gasteiger charge is 2.71. The molecule has 3 atom stereocenters. The van der Waals surface area contributed by atoms with E-state index in [1.807, 2.05) is 41.3 Å². The number of Topliss-reactive ketones (excluding diaryl/α,β-unsaturated/α-hetero) is 3. The molecule has 3 aromatic carbocycles. The molecule has 6 rings (SSSR count). The van der Waals surface area contributed by atoms with E-state index in [2.05, 4.69) is 0 Å². The van der Waals surface area contributed by atoms with Gasteiger partial charge in [0.1, 0.15) is 11.2 Å². The first-order chi connectivity index (χ1) is 16.9. The first-order valence-electron chi connectivity index (χ1n) is 11.5. The molecule has 0 radical (unpaired) electrons. The van der Waals surface area contributed by atoms with Gasteiger partial charge in [0.2, 0.25) is 0 Å². The highest BCUT2D eigenvalue weighted by molar-refractivity contribution is 6.32. The zero-order chi connectivity index (χ0) is 24.5. The summed E-state index contributed by atoms with van der Waals surface area (Å²) in [5.74, 6) is -0.611. The van der Waals surface area contributed by atoms with Crippen molar-refractivity contribution in [3.63, 3.8) is 0 Å². The Hall–Kier alpha value is -3.70. The quantitative estimate of drug-likeness (QED) is 0.468. The summed E-state index contributed by atoms with van der Waals surface area (Å²) in [6, 6.07) is 18.4. The fourth-order valence-corrected chi connectivity index (χ4v) is 6.47. The fraction of sp³-hybridized carbons (Fsp3) is 0.207. The highest BCUT2D eigenvalue weighted by Crippen LogP contribution is 2.60. The molecule has 6 heteroatoms. The van der Waals surface area contributed by atoms with Gasteiger partial charge in [0.05, 0.1) is 19.2 Å². The average Bonchev–Trinajstić information content (AvgIpc) is 3.30. The van der Waals surface area contributed by atoms with E-state index in [4.69, 9.17) is 16.3 Å². The molecule has 0 aromatic heterocycles. The monoisotopic (exact) mass is 483 g/mol. The lowest BCUT2D eigenvalue weighted by Crippen LogP contribution is -2.48. The summed E-state index contributed by atoms with van der Waals surface area (Å²) < 4.78 is 5.33. The maximum atomic E-state index is 14.3. The maximum Gasteiger partial charge on any atom is 0.180 e. The van der Waals surface area contributed by atoms with Gasteiger partial charge in [-0.05, 0) is 48.4 Å². The molecule has 3 aromatic rings. The van der Waals surface area contributed by atoms with Gasteiger partial charge < -0.3 is 9.64 Å². The SMILES string of the molecule is COc1ccc([C@@H]2[C@@H](C(C)=O)N3c4ccc(Cl)cc4C=C[C@H]3C23C(=O)c2ccccc2C3=O)cc1. The van der Waals surface area contributed by atoms with Crippen LogP contribution >= 0.6 is 11.6 Å².